The number of hydrogen-bond donors (Lipinski definition) is 1. The van der Waals surface area contributed by atoms with E-state index in [-0.39, 0.29) is 5.91 Å². The zero-order valence-corrected chi connectivity index (χ0v) is 13.7. The number of carbonyl (C=O) groups is 1. The standard InChI is InChI=1S/C17H16N4OS/c1-12-19-20-17(23-12)18-16(22)14-10-6-7-11-15(14)21(2)13-8-4-3-5-9-13/h3-11H,1-2H3,(H,18,20,22). The average Bonchev–Trinajstić information content (AvgIpc) is 3.00. The van der Waals surface area contributed by atoms with E-state index in [9.17, 15) is 4.79 Å². The quantitative estimate of drug-likeness (QED) is 0.791. The Labute approximate surface area is 138 Å². The van der Waals surface area contributed by atoms with Crippen LogP contribution in [0.1, 0.15) is 15.4 Å². The Balaban J connectivity index is 1.90. The maximum atomic E-state index is 12.6. The molecule has 0 aliphatic heterocycles. The number of para-hydroxylation sites is 2. The fourth-order valence-electron chi connectivity index (χ4n) is 2.26. The Morgan fingerprint density at radius 3 is 2.43 bits per heavy atom. The zero-order valence-electron chi connectivity index (χ0n) is 12.9. The van der Waals surface area contributed by atoms with Crippen molar-refractivity contribution in [1.29, 1.82) is 0 Å². The summed E-state index contributed by atoms with van der Waals surface area (Å²) in [5.41, 5.74) is 2.43. The molecule has 1 amide bonds. The number of benzene rings is 2. The van der Waals surface area contributed by atoms with Crippen molar-refractivity contribution in [2.24, 2.45) is 0 Å². The van der Waals surface area contributed by atoms with Gasteiger partial charge in [0.15, 0.2) is 0 Å². The Hall–Kier alpha value is -2.73. The van der Waals surface area contributed by atoms with Crippen LogP contribution in [-0.4, -0.2) is 23.2 Å². The van der Waals surface area contributed by atoms with Gasteiger partial charge in [-0.2, -0.15) is 0 Å². The molecule has 3 rings (SSSR count). The molecule has 0 radical (unpaired) electrons. The molecule has 116 valence electrons. The number of hydrogen-bond acceptors (Lipinski definition) is 5. The lowest BCUT2D eigenvalue weighted by Crippen LogP contribution is -2.18. The molecule has 1 aromatic heterocycles. The second-order valence-corrected chi connectivity index (χ2v) is 6.17. The average molecular weight is 324 g/mol. The Kier molecular flexibility index (Phi) is 4.34. The molecule has 0 aliphatic rings. The molecule has 0 saturated carbocycles. The first-order valence-electron chi connectivity index (χ1n) is 7.14. The highest BCUT2D eigenvalue weighted by molar-refractivity contribution is 7.15. The van der Waals surface area contributed by atoms with E-state index in [2.05, 4.69) is 15.5 Å². The summed E-state index contributed by atoms with van der Waals surface area (Å²) in [5, 5.41) is 12.0. The van der Waals surface area contributed by atoms with Gasteiger partial charge in [-0.05, 0) is 31.2 Å². The molecule has 0 aliphatic carbocycles. The van der Waals surface area contributed by atoms with Gasteiger partial charge in [-0.3, -0.25) is 10.1 Å². The molecule has 1 heterocycles. The highest BCUT2D eigenvalue weighted by Crippen LogP contribution is 2.27. The van der Waals surface area contributed by atoms with Crippen LogP contribution < -0.4 is 10.2 Å². The molecule has 0 unspecified atom stereocenters. The minimum atomic E-state index is -0.195. The summed E-state index contributed by atoms with van der Waals surface area (Å²) in [6.07, 6.45) is 0. The van der Waals surface area contributed by atoms with Gasteiger partial charge >= 0.3 is 0 Å². The predicted molar refractivity (Wildman–Crippen MR) is 93.5 cm³/mol. The molecule has 5 nitrogen and oxygen atoms in total. The van der Waals surface area contributed by atoms with E-state index in [1.165, 1.54) is 11.3 Å². The number of nitrogens with zero attached hydrogens (tertiary/aromatic N) is 3. The van der Waals surface area contributed by atoms with E-state index < -0.39 is 0 Å². The SMILES string of the molecule is Cc1nnc(NC(=O)c2ccccc2N(C)c2ccccc2)s1. The van der Waals surface area contributed by atoms with Crippen molar-refractivity contribution in [3.05, 3.63) is 65.2 Å². The summed E-state index contributed by atoms with van der Waals surface area (Å²) < 4.78 is 0. The summed E-state index contributed by atoms with van der Waals surface area (Å²) in [7, 11) is 1.94. The van der Waals surface area contributed by atoms with Gasteiger partial charge in [0.2, 0.25) is 5.13 Å². The Bertz CT molecular complexity index is 816. The third-order valence-corrected chi connectivity index (χ3v) is 4.15. The minimum absolute atomic E-state index is 0.195. The van der Waals surface area contributed by atoms with Gasteiger partial charge in [0.1, 0.15) is 5.01 Å². The fraction of sp³-hybridized carbons (Fsp3) is 0.118. The predicted octanol–water partition coefficient (Wildman–Crippen LogP) is 3.87. The largest absolute Gasteiger partial charge is 0.344 e. The van der Waals surface area contributed by atoms with Crippen LogP contribution in [0.4, 0.5) is 16.5 Å². The summed E-state index contributed by atoms with van der Waals surface area (Å²) in [5.74, 6) is -0.195. The van der Waals surface area contributed by atoms with Crippen LogP contribution in [0.15, 0.2) is 54.6 Å². The molecule has 23 heavy (non-hydrogen) atoms. The van der Waals surface area contributed by atoms with Gasteiger partial charge in [-0.1, -0.05) is 41.7 Å². The van der Waals surface area contributed by atoms with E-state index >= 15 is 0 Å². The number of anilines is 3. The molecule has 0 saturated heterocycles. The summed E-state index contributed by atoms with van der Waals surface area (Å²) in [4.78, 5) is 14.6. The molecule has 0 spiro atoms. The van der Waals surface area contributed by atoms with Gasteiger partial charge in [-0.15, -0.1) is 10.2 Å². The number of amides is 1. The molecule has 0 bridgehead atoms. The molecule has 0 atom stereocenters. The summed E-state index contributed by atoms with van der Waals surface area (Å²) in [6.45, 7) is 1.85. The van der Waals surface area contributed by atoms with E-state index in [0.29, 0.717) is 10.7 Å². The second-order valence-electron chi connectivity index (χ2n) is 4.99. The van der Waals surface area contributed by atoms with Crippen molar-refractivity contribution >= 4 is 33.8 Å². The van der Waals surface area contributed by atoms with Gasteiger partial charge in [-0.25, -0.2) is 0 Å². The molecule has 1 N–H and O–H groups in total. The number of carbonyl (C=O) groups excluding carboxylic acids is 1. The minimum Gasteiger partial charge on any atom is -0.344 e. The maximum absolute atomic E-state index is 12.6. The van der Waals surface area contributed by atoms with E-state index in [1.54, 1.807) is 6.07 Å². The van der Waals surface area contributed by atoms with Crippen LogP contribution in [-0.2, 0) is 0 Å². The van der Waals surface area contributed by atoms with E-state index in [0.717, 1.165) is 16.4 Å². The third-order valence-electron chi connectivity index (χ3n) is 3.40. The van der Waals surface area contributed by atoms with Crippen molar-refractivity contribution in [2.45, 2.75) is 6.92 Å². The van der Waals surface area contributed by atoms with Crippen LogP contribution in [0.2, 0.25) is 0 Å². The molecule has 3 aromatic rings. The van der Waals surface area contributed by atoms with Gasteiger partial charge in [0.25, 0.3) is 5.91 Å². The lowest BCUT2D eigenvalue weighted by molar-refractivity contribution is 0.102. The number of aromatic nitrogens is 2. The van der Waals surface area contributed by atoms with Crippen molar-refractivity contribution < 1.29 is 4.79 Å². The smallest absolute Gasteiger partial charge is 0.259 e. The van der Waals surface area contributed by atoms with Gasteiger partial charge in [0, 0.05) is 12.7 Å². The van der Waals surface area contributed by atoms with Crippen LogP contribution in [0.3, 0.4) is 0 Å². The Morgan fingerprint density at radius 1 is 1.04 bits per heavy atom. The lowest BCUT2D eigenvalue weighted by atomic mass is 10.1. The van der Waals surface area contributed by atoms with E-state index in [1.807, 2.05) is 67.4 Å². The molecular formula is C17H16N4OS. The van der Waals surface area contributed by atoms with Crippen molar-refractivity contribution in [3.8, 4) is 0 Å². The monoisotopic (exact) mass is 324 g/mol. The number of aryl methyl sites for hydroxylation is 1. The second kappa shape index (κ2) is 6.58. The number of rotatable bonds is 4. The topological polar surface area (TPSA) is 58.1 Å². The van der Waals surface area contributed by atoms with Gasteiger partial charge in [0.05, 0.1) is 11.3 Å². The highest BCUT2D eigenvalue weighted by atomic mass is 32.1. The molecule has 0 fully saturated rings. The first-order valence-corrected chi connectivity index (χ1v) is 7.96. The molecule has 6 heteroatoms. The summed E-state index contributed by atoms with van der Waals surface area (Å²) in [6, 6.07) is 17.4. The maximum Gasteiger partial charge on any atom is 0.259 e. The normalized spacial score (nSPS) is 10.3. The fourth-order valence-corrected chi connectivity index (χ4v) is 2.85. The van der Waals surface area contributed by atoms with Crippen molar-refractivity contribution in [2.75, 3.05) is 17.3 Å². The first-order chi connectivity index (χ1) is 11.1. The third kappa shape index (κ3) is 3.37. The highest BCUT2D eigenvalue weighted by Gasteiger charge is 2.16. The lowest BCUT2D eigenvalue weighted by Gasteiger charge is -2.22. The molecule has 2 aromatic carbocycles. The van der Waals surface area contributed by atoms with Crippen LogP contribution in [0, 0.1) is 6.92 Å². The van der Waals surface area contributed by atoms with Crippen LogP contribution in [0.25, 0.3) is 0 Å². The Morgan fingerprint density at radius 2 is 1.74 bits per heavy atom. The van der Waals surface area contributed by atoms with Crippen molar-refractivity contribution in [1.82, 2.24) is 10.2 Å². The zero-order chi connectivity index (χ0) is 16.2. The van der Waals surface area contributed by atoms with E-state index in [4.69, 9.17) is 0 Å². The molecular weight excluding hydrogens is 308 g/mol. The number of nitrogens with one attached hydrogen (secondary N) is 1. The summed E-state index contributed by atoms with van der Waals surface area (Å²) >= 11 is 1.35. The van der Waals surface area contributed by atoms with Crippen molar-refractivity contribution in [3.63, 3.8) is 0 Å². The van der Waals surface area contributed by atoms with Gasteiger partial charge < -0.3 is 4.90 Å². The van der Waals surface area contributed by atoms with Crippen LogP contribution in [0.5, 0.6) is 0 Å². The van der Waals surface area contributed by atoms with Crippen LogP contribution >= 0.6 is 11.3 Å². The first kappa shape index (κ1) is 15.2.